The van der Waals surface area contributed by atoms with E-state index in [0.29, 0.717) is 24.0 Å². The summed E-state index contributed by atoms with van der Waals surface area (Å²) in [7, 11) is -3.01. The quantitative estimate of drug-likeness (QED) is 0.117. The van der Waals surface area contributed by atoms with Gasteiger partial charge in [0, 0.05) is 35.4 Å². The van der Waals surface area contributed by atoms with Gasteiger partial charge >= 0.3 is 14.2 Å². The molecule has 48 heavy (non-hydrogen) atoms. The first-order valence-corrected chi connectivity index (χ1v) is 16.0. The Kier molecular flexibility index (Phi) is 7.71. The minimum Gasteiger partial charge on any atom is -0.423 e. The van der Waals surface area contributed by atoms with Gasteiger partial charge in [0.2, 0.25) is 0 Å². The molecule has 8 heteroatoms. The molecule has 6 nitrogen and oxygen atoms in total. The Hall–Kier alpha value is -5.37. The first kappa shape index (κ1) is 30.0. The van der Waals surface area contributed by atoms with E-state index in [1.165, 1.54) is 32.3 Å². The van der Waals surface area contributed by atoms with E-state index in [1.807, 2.05) is 70.3 Å². The fourth-order valence-corrected chi connectivity index (χ4v) is 7.04. The fraction of sp³-hybridized carbons (Fsp3) is 0.0500. The third-order valence-electron chi connectivity index (χ3n) is 9.44. The Labute approximate surface area is 278 Å². The average molecular weight is 626 g/mol. The molecule has 2 aromatic heterocycles. The molecule has 0 unspecified atom stereocenters. The first-order chi connectivity index (χ1) is 23.4. The lowest BCUT2D eigenvalue weighted by molar-refractivity contribution is -0.688. The number of nitrogens with zero attached hydrogens (tertiary/aromatic N) is 2. The van der Waals surface area contributed by atoms with Gasteiger partial charge in [0.15, 0.2) is 37.9 Å². The van der Waals surface area contributed by atoms with Crippen LogP contribution in [-0.2, 0) is 13.1 Å². The summed E-state index contributed by atoms with van der Waals surface area (Å²) in [4.78, 5) is 0. The maximum Gasteiger partial charge on any atom is 0.488 e. The highest BCUT2D eigenvalue weighted by Crippen LogP contribution is 2.42. The zero-order valence-electron chi connectivity index (χ0n) is 26.1. The molecule has 0 spiro atoms. The zero-order chi connectivity index (χ0) is 32.8. The summed E-state index contributed by atoms with van der Waals surface area (Å²) in [6.07, 6.45) is 8.16. The van der Waals surface area contributed by atoms with Gasteiger partial charge in [0.1, 0.15) is 0 Å². The van der Waals surface area contributed by atoms with Gasteiger partial charge in [-0.05, 0) is 65.5 Å². The van der Waals surface area contributed by atoms with Crippen molar-refractivity contribution in [2.24, 2.45) is 0 Å². The average Bonchev–Trinajstić information content (AvgIpc) is 3.11. The molecule has 0 saturated carbocycles. The van der Waals surface area contributed by atoms with Crippen molar-refractivity contribution in [3.8, 4) is 22.3 Å². The van der Waals surface area contributed by atoms with Gasteiger partial charge in [0.25, 0.3) is 0 Å². The van der Waals surface area contributed by atoms with E-state index in [2.05, 4.69) is 72.8 Å². The van der Waals surface area contributed by atoms with Crippen LogP contribution < -0.4 is 20.1 Å². The van der Waals surface area contributed by atoms with Crippen LogP contribution in [0.15, 0.2) is 146 Å². The summed E-state index contributed by atoms with van der Waals surface area (Å²) in [6, 6.07) is 40.9. The van der Waals surface area contributed by atoms with Crippen molar-refractivity contribution < 1.29 is 29.2 Å². The van der Waals surface area contributed by atoms with Crippen LogP contribution in [0, 0.1) is 0 Å². The number of benzene rings is 6. The summed E-state index contributed by atoms with van der Waals surface area (Å²) in [5.41, 5.74) is 7.31. The standard InChI is InChI=1S/C40H32B2N2O4/c45-41(46)37-7-3-1-5-31(37)25-43-21-17-27(18-22-43)33-13-9-29-12-16-36-34(14-10-30-11-15-35(33)39(29)40(30)36)28-19-23-44(24-20-28)26-32-6-2-4-8-38(32)42(47)48/h1-24,45-48H,25-26H2/q+2. The second-order valence-corrected chi connectivity index (χ2v) is 12.3. The Morgan fingerprint density at radius 2 is 0.792 bits per heavy atom. The summed E-state index contributed by atoms with van der Waals surface area (Å²) < 4.78 is 4.09. The second-order valence-electron chi connectivity index (χ2n) is 12.3. The highest BCUT2D eigenvalue weighted by molar-refractivity contribution is 6.59. The molecule has 8 rings (SSSR count). The van der Waals surface area contributed by atoms with Gasteiger partial charge in [-0.3, -0.25) is 0 Å². The molecule has 0 bridgehead atoms. The minimum atomic E-state index is -1.51. The Balaban J connectivity index is 1.15. The number of aromatic nitrogens is 2. The molecule has 0 saturated heterocycles. The van der Waals surface area contributed by atoms with Crippen molar-refractivity contribution in [1.82, 2.24) is 0 Å². The number of hydrogen-bond donors (Lipinski definition) is 4. The van der Waals surface area contributed by atoms with E-state index < -0.39 is 14.2 Å². The summed E-state index contributed by atoms with van der Waals surface area (Å²) >= 11 is 0. The normalized spacial score (nSPS) is 11.5. The third-order valence-corrected chi connectivity index (χ3v) is 9.44. The van der Waals surface area contributed by atoms with Crippen LogP contribution in [0.5, 0.6) is 0 Å². The monoisotopic (exact) mass is 626 g/mol. The largest absolute Gasteiger partial charge is 0.488 e. The smallest absolute Gasteiger partial charge is 0.423 e. The van der Waals surface area contributed by atoms with E-state index in [0.717, 1.165) is 33.4 Å². The van der Waals surface area contributed by atoms with Gasteiger partial charge in [-0.1, -0.05) is 97.1 Å². The summed E-state index contributed by atoms with van der Waals surface area (Å²) in [6.45, 7) is 1.07. The van der Waals surface area contributed by atoms with E-state index in [9.17, 15) is 20.1 Å². The van der Waals surface area contributed by atoms with Gasteiger partial charge < -0.3 is 20.1 Å². The molecule has 230 valence electrons. The lowest BCUT2D eigenvalue weighted by Crippen LogP contribution is -2.40. The van der Waals surface area contributed by atoms with E-state index >= 15 is 0 Å². The van der Waals surface area contributed by atoms with E-state index in [1.54, 1.807) is 12.1 Å². The minimum absolute atomic E-state index is 0.513. The molecule has 0 aliphatic rings. The predicted molar refractivity (Wildman–Crippen MR) is 192 cm³/mol. The number of hydrogen-bond acceptors (Lipinski definition) is 4. The van der Waals surface area contributed by atoms with E-state index in [-0.39, 0.29) is 0 Å². The first-order valence-electron chi connectivity index (χ1n) is 16.0. The van der Waals surface area contributed by atoms with Crippen molar-refractivity contribution >= 4 is 57.5 Å². The third kappa shape index (κ3) is 5.41. The Bertz CT molecular complexity index is 2240. The SMILES string of the molecule is OB(O)c1ccccc1C[n+]1ccc(-c2ccc3ccc4c(-c5cc[n+](Cc6ccccc6B(O)O)cc5)ccc5ccc2c3c54)cc1. The second kappa shape index (κ2) is 12.3. The van der Waals surface area contributed by atoms with Crippen LogP contribution in [0.4, 0.5) is 0 Å². The fourth-order valence-electron chi connectivity index (χ4n) is 7.04. The van der Waals surface area contributed by atoms with Gasteiger partial charge in [-0.15, -0.1) is 0 Å². The summed E-state index contributed by atoms with van der Waals surface area (Å²) in [5, 5.41) is 46.5. The van der Waals surface area contributed by atoms with Gasteiger partial charge in [0.05, 0.1) is 0 Å². The van der Waals surface area contributed by atoms with Crippen LogP contribution in [0.3, 0.4) is 0 Å². The van der Waals surface area contributed by atoms with Crippen LogP contribution in [0.25, 0.3) is 54.6 Å². The van der Waals surface area contributed by atoms with E-state index in [4.69, 9.17) is 0 Å². The zero-order valence-corrected chi connectivity index (χ0v) is 26.1. The topological polar surface area (TPSA) is 88.7 Å². The molecule has 0 fully saturated rings. The summed E-state index contributed by atoms with van der Waals surface area (Å²) in [5.74, 6) is 0. The molecular formula is C40H32B2N2O4+2. The Morgan fingerprint density at radius 1 is 0.417 bits per heavy atom. The van der Waals surface area contributed by atoms with Crippen LogP contribution >= 0.6 is 0 Å². The lowest BCUT2D eigenvalue weighted by Gasteiger charge is -2.16. The van der Waals surface area contributed by atoms with Gasteiger partial charge in [-0.2, -0.15) is 0 Å². The molecule has 0 aliphatic carbocycles. The highest BCUT2D eigenvalue weighted by atomic mass is 16.4. The number of rotatable bonds is 8. The van der Waals surface area contributed by atoms with Crippen LogP contribution in [0.2, 0.25) is 0 Å². The lowest BCUT2D eigenvalue weighted by atomic mass is 9.77. The van der Waals surface area contributed by atoms with Gasteiger partial charge in [-0.25, -0.2) is 9.13 Å². The molecule has 0 aliphatic heterocycles. The maximum atomic E-state index is 9.79. The molecule has 0 amide bonds. The molecule has 8 aromatic rings. The van der Waals surface area contributed by atoms with Crippen molar-refractivity contribution in [3.05, 3.63) is 157 Å². The number of pyridine rings is 2. The maximum absolute atomic E-state index is 9.79. The molecule has 2 heterocycles. The molecule has 0 atom stereocenters. The Morgan fingerprint density at radius 3 is 1.19 bits per heavy atom. The van der Waals surface area contributed by atoms with Crippen molar-refractivity contribution in [3.63, 3.8) is 0 Å². The van der Waals surface area contributed by atoms with Crippen molar-refractivity contribution in [2.45, 2.75) is 13.1 Å². The molecule has 4 N–H and O–H groups in total. The van der Waals surface area contributed by atoms with Crippen molar-refractivity contribution in [2.75, 3.05) is 0 Å². The molecule has 0 radical (unpaired) electrons. The molecule has 6 aromatic carbocycles. The predicted octanol–water partition coefficient (Wildman–Crippen LogP) is 3.95. The molecular weight excluding hydrogens is 594 g/mol. The van der Waals surface area contributed by atoms with Crippen LogP contribution in [0.1, 0.15) is 11.1 Å². The van der Waals surface area contributed by atoms with Crippen molar-refractivity contribution in [1.29, 1.82) is 0 Å². The highest BCUT2D eigenvalue weighted by Gasteiger charge is 2.20. The van der Waals surface area contributed by atoms with Crippen LogP contribution in [-0.4, -0.2) is 34.3 Å².